The molecule has 4 heteroatoms. The smallest absolute Gasteiger partial charge is 0.295 e. The molecule has 0 aromatic carbocycles. The molecule has 1 nitrogen and oxygen atoms in total. The van der Waals surface area contributed by atoms with Crippen molar-refractivity contribution < 1.29 is 0 Å². The van der Waals surface area contributed by atoms with Gasteiger partial charge in [0.15, 0.2) is 0 Å². The van der Waals surface area contributed by atoms with Gasteiger partial charge in [-0.15, -0.1) is 22.2 Å². The predicted molar refractivity (Wildman–Crippen MR) is 49.6 cm³/mol. The summed E-state index contributed by atoms with van der Waals surface area (Å²) in [5.74, 6) is 0. The molecule has 0 aromatic heterocycles. The highest BCUT2D eigenvalue weighted by atomic mass is 35.7. The van der Waals surface area contributed by atoms with Gasteiger partial charge in [0.2, 0.25) is 0 Å². The van der Waals surface area contributed by atoms with Crippen LogP contribution in [0.1, 0.15) is 27.7 Å². The zero-order valence-electron chi connectivity index (χ0n) is 6.86. The molecule has 0 atom stereocenters. The fourth-order valence-corrected chi connectivity index (χ4v) is 4.11. The standard InChI is InChI=1S/C6H14Cl2NSi/c1-5(2)9(6(3)4)10(7)8/h5-6H,1-4H3. The summed E-state index contributed by atoms with van der Waals surface area (Å²) < 4.78 is 2.13. The van der Waals surface area contributed by atoms with Gasteiger partial charge in [0.25, 0.3) is 0 Å². The van der Waals surface area contributed by atoms with Gasteiger partial charge in [-0.05, 0) is 12.1 Å². The van der Waals surface area contributed by atoms with Crippen LogP contribution < -0.4 is 0 Å². The Morgan fingerprint density at radius 2 is 1.30 bits per heavy atom. The average Bonchev–Trinajstić information content (AvgIpc) is 1.59. The summed E-state index contributed by atoms with van der Waals surface area (Å²) in [7, 11) is -1.29. The summed E-state index contributed by atoms with van der Waals surface area (Å²) in [6.07, 6.45) is 0. The van der Waals surface area contributed by atoms with Crippen molar-refractivity contribution in [2.24, 2.45) is 0 Å². The normalized spacial score (nSPS) is 12.6. The number of hydrogen-bond donors (Lipinski definition) is 0. The molecule has 0 aliphatic rings. The first-order valence-corrected chi connectivity index (χ1v) is 6.90. The molecular formula is C6H14Cl2NSi. The third-order valence-electron chi connectivity index (χ3n) is 1.31. The van der Waals surface area contributed by atoms with E-state index in [1.807, 2.05) is 0 Å². The summed E-state index contributed by atoms with van der Waals surface area (Å²) in [6.45, 7) is 8.43. The van der Waals surface area contributed by atoms with Crippen LogP contribution in [0.3, 0.4) is 0 Å². The van der Waals surface area contributed by atoms with Crippen molar-refractivity contribution in [3.8, 4) is 0 Å². The van der Waals surface area contributed by atoms with Crippen molar-refractivity contribution in [1.29, 1.82) is 0 Å². The number of hydrogen-bond acceptors (Lipinski definition) is 1. The quantitative estimate of drug-likeness (QED) is 0.498. The molecule has 0 fully saturated rings. The Bertz CT molecular complexity index is 76.7. The minimum absolute atomic E-state index is 0.448. The van der Waals surface area contributed by atoms with Gasteiger partial charge in [0, 0.05) is 0 Å². The fourth-order valence-electron chi connectivity index (χ4n) is 0.987. The highest BCUT2D eigenvalue weighted by molar-refractivity contribution is 7.32. The highest BCUT2D eigenvalue weighted by Gasteiger charge is 2.22. The Morgan fingerprint density at radius 1 is 1.00 bits per heavy atom. The Balaban J connectivity index is 3.98. The van der Waals surface area contributed by atoms with Crippen LogP contribution in [0, 0.1) is 0 Å². The first-order chi connectivity index (χ1) is 4.46. The Morgan fingerprint density at radius 3 is 1.30 bits per heavy atom. The molecule has 0 spiro atoms. The van der Waals surface area contributed by atoms with E-state index in [1.54, 1.807) is 0 Å². The lowest BCUT2D eigenvalue weighted by Crippen LogP contribution is -2.42. The van der Waals surface area contributed by atoms with Gasteiger partial charge in [0.1, 0.15) is 0 Å². The number of rotatable bonds is 3. The molecule has 0 unspecified atom stereocenters. The largest absolute Gasteiger partial charge is 0.360 e. The van der Waals surface area contributed by atoms with E-state index in [9.17, 15) is 0 Å². The van der Waals surface area contributed by atoms with Crippen LogP contribution in [0.15, 0.2) is 0 Å². The van der Waals surface area contributed by atoms with Crippen LogP contribution in [0.4, 0.5) is 0 Å². The SMILES string of the molecule is CC(C)N(C(C)C)[Si](Cl)Cl. The molecule has 0 aliphatic heterocycles. The van der Waals surface area contributed by atoms with Crippen molar-refractivity contribution in [2.45, 2.75) is 39.8 Å². The Hall–Kier alpha value is 0.757. The number of halogens is 2. The van der Waals surface area contributed by atoms with Gasteiger partial charge in [0.05, 0.1) is 0 Å². The van der Waals surface area contributed by atoms with Gasteiger partial charge in [-0.1, -0.05) is 27.7 Å². The molecular weight excluding hydrogens is 185 g/mol. The van der Waals surface area contributed by atoms with E-state index in [-0.39, 0.29) is 0 Å². The van der Waals surface area contributed by atoms with E-state index < -0.39 is 7.58 Å². The molecule has 0 aliphatic carbocycles. The lowest BCUT2D eigenvalue weighted by atomic mass is 10.3. The molecule has 0 aromatic rings. The first-order valence-electron chi connectivity index (χ1n) is 3.43. The van der Waals surface area contributed by atoms with E-state index in [0.717, 1.165) is 0 Å². The minimum atomic E-state index is -1.29. The maximum absolute atomic E-state index is 5.83. The van der Waals surface area contributed by atoms with Crippen LogP contribution in [0.25, 0.3) is 0 Å². The lowest BCUT2D eigenvalue weighted by molar-refractivity contribution is 0.314. The average molecular weight is 199 g/mol. The molecule has 0 amide bonds. The van der Waals surface area contributed by atoms with Crippen LogP contribution in [-0.2, 0) is 0 Å². The molecule has 0 saturated heterocycles. The summed E-state index contributed by atoms with van der Waals surface area (Å²) in [5.41, 5.74) is 0. The Labute approximate surface area is 74.4 Å². The molecule has 0 heterocycles. The van der Waals surface area contributed by atoms with E-state index in [2.05, 4.69) is 32.3 Å². The monoisotopic (exact) mass is 198 g/mol. The van der Waals surface area contributed by atoms with Crippen LogP contribution >= 0.6 is 22.2 Å². The maximum Gasteiger partial charge on any atom is 0.360 e. The van der Waals surface area contributed by atoms with Crippen molar-refractivity contribution in [3.63, 3.8) is 0 Å². The zero-order valence-corrected chi connectivity index (χ0v) is 9.37. The highest BCUT2D eigenvalue weighted by Crippen LogP contribution is 2.12. The molecule has 0 rings (SSSR count). The van der Waals surface area contributed by atoms with Gasteiger partial charge in [-0.2, -0.15) is 0 Å². The second-order valence-corrected chi connectivity index (χ2v) is 6.56. The summed E-state index contributed by atoms with van der Waals surface area (Å²) in [6, 6.07) is 0.896. The summed E-state index contributed by atoms with van der Waals surface area (Å²) >= 11 is 11.7. The molecule has 0 bridgehead atoms. The summed E-state index contributed by atoms with van der Waals surface area (Å²) in [4.78, 5) is 0. The molecule has 1 radical (unpaired) electrons. The van der Waals surface area contributed by atoms with Crippen molar-refractivity contribution >= 4 is 29.7 Å². The molecule has 61 valence electrons. The first kappa shape index (κ1) is 10.8. The van der Waals surface area contributed by atoms with Crippen LogP contribution in [0.5, 0.6) is 0 Å². The predicted octanol–water partition coefficient (Wildman–Crippen LogP) is 2.57. The fraction of sp³-hybridized carbons (Fsp3) is 1.00. The third-order valence-corrected chi connectivity index (χ3v) is 3.90. The molecule has 0 saturated carbocycles. The van der Waals surface area contributed by atoms with E-state index >= 15 is 0 Å². The van der Waals surface area contributed by atoms with Crippen molar-refractivity contribution in [1.82, 2.24) is 4.57 Å². The zero-order chi connectivity index (χ0) is 8.31. The molecule has 0 N–H and O–H groups in total. The second-order valence-electron chi connectivity index (χ2n) is 2.84. The van der Waals surface area contributed by atoms with E-state index in [4.69, 9.17) is 22.2 Å². The molecule has 10 heavy (non-hydrogen) atoms. The minimum Gasteiger partial charge on any atom is -0.295 e. The number of nitrogens with zero attached hydrogens (tertiary/aromatic N) is 1. The van der Waals surface area contributed by atoms with Crippen LogP contribution in [-0.4, -0.2) is 24.2 Å². The van der Waals surface area contributed by atoms with E-state index in [0.29, 0.717) is 12.1 Å². The van der Waals surface area contributed by atoms with Crippen LogP contribution in [0.2, 0.25) is 0 Å². The topological polar surface area (TPSA) is 3.24 Å². The van der Waals surface area contributed by atoms with E-state index in [1.165, 1.54) is 0 Å². The van der Waals surface area contributed by atoms with Gasteiger partial charge in [-0.25, -0.2) is 0 Å². The van der Waals surface area contributed by atoms with Crippen molar-refractivity contribution in [3.05, 3.63) is 0 Å². The third kappa shape index (κ3) is 3.24. The van der Waals surface area contributed by atoms with Gasteiger partial charge < -0.3 is 0 Å². The van der Waals surface area contributed by atoms with Gasteiger partial charge >= 0.3 is 7.58 Å². The maximum atomic E-state index is 5.83. The van der Waals surface area contributed by atoms with Gasteiger partial charge in [-0.3, -0.25) is 4.57 Å². The second kappa shape index (κ2) is 4.60. The lowest BCUT2D eigenvalue weighted by Gasteiger charge is -2.29. The van der Waals surface area contributed by atoms with Crippen molar-refractivity contribution in [2.75, 3.05) is 0 Å². The Kier molecular flexibility index (Phi) is 4.95. The summed E-state index contributed by atoms with van der Waals surface area (Å²) in [5, 5.41) is 0.